The molecule has 0 saturated heterocycles. The van der Waals surface area contributed by atoms with E-state index in [-0.39, 0.29) is 69.8 Å². The Morgan fingerprint density at radius 1 is 0.625 bits per heavy atom. The van der Waals surface area contributed by atoms with E-state index in [1.54, 1.807) is 0 Å². The molecule has 0 aliphatic heterocycles. The van der Waals surface area contributed by atoms with Crippen LogP contribution in [0.2, 0.25) is 0 Å². The molecule has 0 aromatic heterocycles. The van der Waals surface area contributed by atoms with Crippen LogP contribution in [0.1, 0.15) is 43.9 Å². The van der Waals surface area contributed by atoms with Gasteiger partial charge in [0.25, 0.3) is 0 Å². The van der Waals surface area contributed by atoms with Crippen molar-refractivity contribution in [2.45, 2.75) is 32.6 Å². The smallest absolute Gasteiger partial charge is 1.00 e. The Labute approximate surface area is 226 Å². The number of hydrogen-bond donors (Lipinski definition) is 0. The van der Waals surface area contributed by atoms with Gasteiger partial charge in [-0.25, -0.2) is 0 Å². The summed E-state index contributed by atoms with van der Waals surface area (Å²) in [7, 11) is 0. The Bertz CT molecular complexity index is 965. The fraction of sp³-hybridized carbons (Fsp3) is 0.214. The van der Waals surface area contributed by atoms with Crippen molar-refractivity contribution in [2.24, 2.45) is 5.41 Å². The molecule has 4 heteroatoms. The van der Waals surface area contributed by atoms with Gasteiger partial charge in [0.05, 0.1) is 0 Å². The van der Waals surface area contributed by atoms with Gasteiger partial charge in [0, 0.05) is 5.41 Å². The third kappa shape index (κ3) is 5.61. The summed E-state index contributed by atoms with van der Waals surface area (Å²) in [6.07, 6.45) is 7.08. The largest absolute Gasteiger partial charge is 4.00 e. The van der Waals surface area contributed by atoms with Gasteiger partial charge in [0.15, 0.2) is 0 Å². The summed E-state index contributed by atoms with van der Waals surface area (Å²) in [5.41, 5.74) is 6.20. The molecule has 4 rings (SSSR count). The average Bonchev–Trinajstić information content (AvgIpc) is 3.20. The Morgan fingerprint density at radius 2 is 1.03 bits per heavy atom. The minimum Gasteiger partial charge on any atom is -1.00 e. The normalized spacial score (nSPS) is 12.7. The van der Waals surface area contributed by atoms with Gasteiger partial charge in [-0.05, 0) is 16.5 Å². The van der Waals surface area contributed by atoms with Crippen LogP contribution in [-0.2, 0) is 27.1 Å². The van der Waals surface area contributed by atoms with Crippen molar-refractivity contribution in [2.75, 3.05) is 0 Å². The van der Waals surface area contributed by atoms with E-state index < -0.39 is 0 Å². The van der Waals surface area contributed by atoms with Gasteiger partial charge in [-0.3, -0.25) is 0 Å². The topological polar surface area (TPSA) is 0 Å². The fourth-order valence-electron chi connectivity index (χ4n) is 4.73. The molecule has 0 atom stereocenters. The standard InChI is InChI=1S/C28H27.3ClH.Ti/c1-27(2,3)28(24-15-9-5-10-16-24,25-17-11-6-12-18-25)26-20-19-23(21-26)22-13-7-4-8-14-22;;;;/h4-19H,20H2,1-3H3;3*1H;/q-1;;;;+4/p-3. The molecule has 0 nitrogen and oxygen atoms in total. The quantitative estimate of drug-likeness (QED) is 0.285. The molecule has 0 N–H and O–H groups in total. The predicted molar refractivity (Wildman–Crippen MR) is 119 cm³/mol. The van der Waals surface area contributed by atoms with Crippen molar-refractivity contribution in [1.82, 2.24) is 0 Å². The second kappa shape index (κ2) is 12.8. The van der Waals surface area contributed by atoms with Crippen molar-refractivity contribution in [3.63, 3.8) is 0 Å². The van der Waals surface area contributed by atoms with Crippen molar-refractivity contribution >= 4 is 5.57 Å². The first-order valence-corrected chi connectivity index (χ1v) is 10.0. The monoisotopic (exact) mass is 516 g/mol. The minimum absolute atomic E-state index is 0. The molecular formula is C28H27Cl3Ti. The second-order valence-electron chi connectivity index (χ2n) is 8.52. The molecule has 32 heavy (non-hydrogen) atoms. The zero-order chi connectivity index (χ0) is 19.6. The van der Waals surface area contributed by atoms with Gasteiger partial charge in [0.2, 0.25) is 0 Å². The molecule has 0 radical (unpaired) electrons. The Hall–Kier alpha value is -1.28. The molecule has 0 spiro atoms. The number of rotatable bonds is 4. The summed E-state index contributed by atoms with van der Waals surface area (Å²) >= 11 is 0. The van der Waals surface area contributed by atoms with E-state index in [0.717, 1.165) is 6.42 Å². The summed E-state index contributed by atoms with van der Waals surface area (Å²) in [5.74, 6) is 0. The Balaban J connectivity index is 0.00000240. The number of allylic oxidation sites excluding steroid dienone is 4. The molecule has 0 bridgehead atoms. The molecule has 164 valence electrons. The third-order valence-electron chi connectivity index (χ3n) is 5.87. The van der Waals surface area contributed by atoms with E-state index in [0.29, 0.717) is 0 Å². The zero-order valence-electron chi connectivity index (χ0n) is 18.6. The maximum absolute atomic E-state index is 3.83. The van der Waals surface area contributed by atoms with E-state index in [1.807, 2.05) is 0 Å². The first-order valence-electron chi connectivity index (χ1n) is 10.0. The van der Waals surface area contributed by atoms with Gasteiger partial charge < -0.3 is 37.2 Å². The van der Waals surface area contributed by atoms with Crippen LogP contribution in [0.15, 0.2) is 103 Å². The molecule has 1 aliphatic carbocycles. The summed E-state index contributed by atoms with van der Waals surface area (Å²) < 4.78 is 0. The molecule has 3 aromatic carbocycles. The maximum Gasteiger partial charge on any atom is 4.00 e. The van der Waals surface area contributed by atoms with Gasteiger partial charge in [-0.15, -0.1) is 23.3 Å². The average molecular weight is 518 g/mol. The zero-order valence-corrected chi connectivity index (χ0v) is 22.4. The van der Waals surface area contributed by atoms with Gasteiger partial charge in [-0.1, -0.05) is 106 Å². The van der Waals surface area contributed by atoms with Gasteiger partial charge >= 0.3 is 21.7 Å². The van der Waals surface area contributed by atoms with Crippen molar-refractivity contribution in [3.05, 3.63) is 125 Å². The first-order chi connectivity index (χ1) is 13.5. The minimum atomic E-state index is -0.234. The van der Waals surface area contributed by atoms with Crippen LogP contribution in [0.5, 0.6) is 0 Å². The fourth-order valence-corrected chi connectivity index (χ4v) is 4.73. The van der Waals surface area contributed by atoms with Crippen molar-refractivity contribution < 1.29 is 58.9 Å². The van der Waals surface area contributed by atoms with Crippen LogP contribution in [0.4, 0.5) is 0 Å². The van der Waals surface area contributed by atoms with Crippen LogP contribution in [0, 0.1) is 11.5 Å². The van der Waals surface area contributed by atoms with Gasteiger partial charge in [0.1, 0.15) is 0 Å². The molecule has 0 saturated carbocycles. The molecule has 1 aliphatic rings. The van der Waals surface area contributed by atoms with E-state index in [1.165, 1.54) is 27.8 Å². The summed E-state index contributed by atoms with van der Waals surface area (Å²) in [4.78, 5) is 0. The second-order valence-corrected chi connectivity index (χ2v) is 8.52. The van der Waals surface area contributed by atoms with Gasteiger partial charge in [-0.2, -0.15) is 17.7 Å². The van der Waals surface area contributed by atoms with E-state index in [2.05, 4.69) is 124 Å². The van der Waals surface area contributed by atoms with Crippen LogP contribution in [-0.4, -0.2) is 0 Å². The summed E-state index contributed by atoms with van der Waals surface area (Å²) in [5, 5.41) is 0. The molecule has 0 fully saturated rings. The molecule has 0 amide bonds. The molecule has 0 unspecified atom stereocenters. The number of benzene rings is 3. The number of hydrogen-bond acceptors (Lipinski definition) is 0. The van der Waals surface area contributed by atoms with E-state index in [4.69, 9.17) is 0 Å². The first kappa shape index (κ1) is 30.7. The van der Waals surface area contributed by atoms with Crippen molar-refractivity contribution in [3.8, 4) is 0 Å². The predicted octanol–water partition coefficient (Wildman–Crippen LogP) is -1.75. The van der Waals surface area contributed by atoms with Crippen LogP contribution in [0.25, 0.3) is 5.57 Å². The SMILES string of the molecule is CC(C)(C)C(C1=[C-]C(c2ccccc2)=CC1)(c1ccccc1)c1ccccc1.[Cl-].[Cl-].[Cl-].[Ti+4]. The molecule has 0 heterocycles. The van der Waals surface area contributed by atoms with Crippen LogP contribution in [0.3, 0.4) is 0 Å². The molecular weight excluding hydrogens is 491 g/mol. The summed E-state index contributed by atoms with van der Waals surface area (Å²) in [6, 6.07) is 32.5. The number of halogens is 3. The molecule has 3 aromatic rings. The van der Waals surface area contributed by atoms with E-state index in [9.17, 15) is 0 Å². The van der Waals surface area contributed by atoms with Crippen LogP contribution >= 0.6 is 0 Å². The van der Waals surface area contributed by atoms with Crippen LogP contribution < -0.4 is 37.2 Å². The maximum atomic E-state index is 3.83. The third-order valence-corrected chi connectivity index (χ3v) is 5.87. The van der Waals surface area contributed by atoms with Crippen molar-refractivity contribution in [1.29, 1.82) is 0 Å². The Kier molecular flexibility index (Phi) is 12.3. The van der Waals surface area contributed by atoms with E-state index >= 15 is 0 Å². The summed E-state index contributed by atoms with van der Waals surface area (Å²) in [6.45, 7) is 7.05. The Morgan fingerprint density at radius 3 is 1.44 bits per heavy atom.